The second kappa shape index (κ2) is 3.80. The van der Waals surface area contributed by atoms with Crippen LogP contribution in [0.4, 0.5) is 0 Å². The van der Waals surface area contributed by atoms with Gasteiger partial charge in [0, 0.05) is 23.1 Å². The lowest BCUT2D eigenvalue weighted by atomic mass is 9.97. The number of pyridine rings is 1. The van der Waals surface area contributed by atoms with E-state index in [-0.39, 0.29) is 16.7 Å². The molecule has 0 saturated heterocycles. The van der Waals surface area contributed by atoms with E-state index in [1.807, 2.05) is 30.3 Å². The van der Waals surface area contributed by atoms with Crippen LogP contribution in [0, 0.1) is 16.7 Å². The third-order valence-electron chi connectivity index (χ3n) is 5.43. The molecule has 1 saturated carbocycles. The standard InChI is InChI=1S/C17H21NO/c1-16(2)15(17(16,3)4)14(19)12-9-5-7-11-8-6-10-18-13(11)12/h5-10,14-15,19H,1-4H3. The molecule has 1 aliphatic rings. The molecule has 3 rings (SSSR count). The van der Waals surface area contributed by atoms with E-state index in [2.05, 4.69) is 32.7 Å². The fraction of sp³-hybridized carbons (Fsp3) is 0.471. The number of para-hydroxylation sites is 1. The fourth-order valence-electron chi connectivity index (χ4n) is 3.58. The summed E-state index contributed by atoms with van der Waals surface area (Å²) in [6.45, 7) is 8.94. The lowest BCUT2D eigenvalue weighted by molar-refractivity contribution is 0.132. The maximum atomic E-state index is 10.8. The lowest BCUT2D eigenvalue weighted by Crippen LogP contribution is -2.06. The molecule has 1 N–H and O–H groups in total. The average Bonchev–Trinajstić information content (AvgIpc) is 2.78. The van der Waals surface area contributed by atoms with Gasteiger partial charge in [0.15, 0.2) is 0 Å². The Hall–Kier alpha value is -1.41. The zero-order valence-electron chi connectivity index (χ0n) is 12.0. The van der Waals surface area contributed by atoms with Crippen molar-refractivity contribution in [3.8, 4) is 0 Å². The van der Waals surface area contributed by atoms with Gasteiger partial charge >= 0.3 is 0 Å². The number of aliphatic hydroxyl groups excluding tert-OH is 1. The minimum atomic E-state index is -0.441. The third-order valence-corrected chi connectivity index (χ3v) is 5.43. The van der Waals surface area contributed by atoms with Crippen LogP contribution in [0.1, 0.15) is 39.4 Å². The molecule has 1 atom stereocenters. The number of hydrogen-bond acceptors (Lipinski definition) is 2. The highest BCUT2D eigenvalue weighted by molar-refractivity contribution is 5.82. The number of benzene rings is 1. The Morgan fingerprint density at radius 3 is 2.32 bits per heavy atom. The van der Waals surface area contributed by atoms with Crippen LogP contribution in [0.5, 0.6) is 0 Å². The summed E-state index contributed by atoms with van der Waals surface area (Å²) in [7, 11) is 0. The van der Waals surface area contributed by atoms with E-state index in [1.54, 1.807) is 6.20 Å². The number of aliphatic hydroxyl groups is 1. The first-order valence-corrected chi connectivity index (χ1v) is 6.89. The van der Waals surface area contributed by atoms with Crippen LogP contribution in [-0.2, 0) is 0 Å². The van der Waals surface area contributed by atoms with Gasteiger partial charge in [0.25, 0.3) is 0 Å². The average molecular weight is 255 g/mol. The van der Waals surface area contributed by atoms with Crippen LogP contribution >= 0.6 is 0 Å². The first-order valence-electron chi connectivity index (χ1n) is 6.89. The smallest absolute Gasteiger partial charge is 0.0849 e. The van der Waals surface area contributed by atoms with Crippen molar-refractivity contribution in [2.75, 3.05) is 0 Å². The number of fused-ring (bicyclic) bond motifs is 1. The number of hydrogen-bond donors (Lipinski definition) is 1. The van der Waals surface area contributed by atoms with Crippen molar-refractivity contribution in [2.24, 2.45) is 16.7 Å². The van der Waals surface area contributed by atoms with E-state index in [0.29, 0.717) is 0 Å². The minimum absolute atomic E-state index is 0.170. The topological polar surface area (TPSA) is 33.1 Å². The summed E-state index contributed by atoms with van der Waals surface area (Å²) in [5.74, 6) is 0.285. The largest absolute Gasteiger partial charge is 0.388 e. The molecule has 1 aliphatic carbocycles. The van der Waals surface area contributed by atoms with Crippen molar-refractivity contribution < 1.29 is 5.11 Å². The van der Waals surface area contributed by atoms with Crippen molar-refractivity contribution in [1.29, 1.82) is 0 Å². The summed E-state index contributed by atoms with van der Waals surface area (Å²) < 4.78 is 0. The van der Waals surface area contributed by atoms with Crippen molar-refractivity contribution in [2.45, 2.75) is 33.8 Å². The van der Waals surface area contributed by atoms with E-state index >= 15 is 0 Å². The molecule has 2 aromatic rings. The lowest BCUT2D eigenvalue weighted by Gasteiger charge is -2.15. The Labute approximate surface area is 114 Å². The predicted molar refractivity (Wildman–Crippen MR) is 77.8 cm³/mol. The molecule has 2 nitrogen and oxygen atoms in total. The zero-order chi connectivity index (χ0) is 13.8. The van der Waals surface area contributed by atoms with Gasteiger partial charge in [0.2, 0.25) is 0 Å². The highest BCUT2D eigenvalue weighted by Gasteiger charge is 2.67. The fourth-order valence-corrected chi connectivity index (χ4v) is 3.58. The molecule has 1 aromatic carbocycles. The first-order chi connectivity index (χ1) is 8.87. The molecule has 1 fully saturated rings. The molecular weight excluding hydrogens is 234 g/mol. The molecule has 0 aliphatic heterocycles. The van der Waals surface area contributed by atoms with Crippen molar-refractivity contribution in [3.63, 3.8) is 0 Å². The quantitative estimate of drug-likeness (QED) is 0.881. The molecule has 0 spiro atoms. The van der Waals surface area contributed by atoms with E-state index < -0.39 is 6.10 Å². The van der Waals surface area contributed by atoms with Crippen molar-refractivity contribution in [3.05, 3.63) is 42.1 Å². The van der Waals surface area contributed by atoms with Gasteiger partial charge in [-0.25, -0.2) is 0 Å². The summed E-state index contributed by atoms with van der Waals surface area (Å²) in [5.41, 5.74) is 2.23. The summed E-state index contributed by atoms with van der Waals surface area (Å²) in [6, 6.07) is 10.0. The third kappa shape index (κ3) is 1.63. The van der Waals surface area contributed by atoms with Crippen LogP contribution in [0.3, 0.4) is 0 Å². The van der Waals surface area contributed by atoms with E-state index in [4.69, 9.17) is 0 Å². The molecule has 0 radical (unpaired) electrons. The minimum Gasteiger partial charge on any atom is -0.388 e. The van der Waals surface area contributed by atoms with Crippen LogP contribution in [0.15, 0.2) is 36.5 Å². The van der Waals surface area contributed by atoms with Gasteiger partial charge in [0.1, 0.15) is 0 Å². The second-order valence-corrected chi connectivity index (χ2v) is 6.79. The first kappa shape index (κ1) is 12.6. The highest BCUT2D eigenvalue weighted by atomic mass is 16.3. The Morgan fingerprint density at radius 2 is 1.68 bits per heavy atom. The maximum absolute atomic E-state index is 10.8. The molecule has 19 heavy (non-hydrogen) atoms. The van der Waals surface area contributed by atoms with Gasteiger partial charge in [-0.15, -0.1) is 0 Å². The monoisotopic (exact) mass is 255 g/mol. The molecule has 0 bridgehead atoms. The summed E-state index contributed by atoms with van der Waals surface area (Å²) >= 11 is 0. The summed E-state index contributed by atoms with van der Waals surface area (Å²) in [5, 5.41) is 11.9. The molecule has 2 heteroatoms. The Morgan fingerprint density at radius 1 is 1.05 bits per heavy atom. The number of rotatable bonds is 2. The maximum Gasteiger partial charge on any atom is 0.0849 e. The van der Waals surface area contributed by atoms with Crippen LogP contribution < -0.4 is 0 Å². The van der Waals surface area contributed by atoms with Gasteiger partial charge in [-0.3, -0.25) is 4.98 Å². The SMILES string of the molecule is CC1(C)C(C(O)c2cccc3cccnc23)C1(C)C. The number of aromatic nitrogens is 1. The molecule has 1 unspecified atom stereocenters. The van der Waals surface area contributed by atoms with Gasteiger partial charge in [-0.2, -0.15) is 0 Å². The Balaban J connectivity index is 2.07. The molecule has 1 heterocycles. The van der Waals surface area contributed by atoms with E-state index in [9.17, 15) is 5.11 Å². The van der Waals surface area contributed by atoms with Crippen LogP contribution in [0.2, 0.25) is 0 Å². The van der Waals surface area contributed by atoms with Crippen molar-refractivity contribution >= 4 is 10.9 Å². The number of nitrogens with zero attached hydrogens (tertiary/aromatic N) is 1. The van der Waals surface area contributed by atoms with E-state index in [0.717, 1.165) is 16.5 Å². The molecule has 100 valence electrons. The van der Waals surface area contributed by atoms with Gasteiger partial charge in [-0.05, 0) is 16.9 Å². The van der Waals surface area contributed by atoms with Crippen molar-refractivity contribution in [1.82, 2.24) is 4.98 Å². The van der Waals surface area contributed by atoms with Gasteiger partial charge < -0.3 is 5.11 Å². The Kier molecular flexibility index (Phi) is 2.52. The van der Waals surface area contributed by atoms with Gasteiger partial charge in [-0.1, -0.05) is 52.0 Å². The van der Waals surface area contributed by atoms with Gasteiger partial charge in [0.05, 0.1) is 11.6 Å². The normalized spacial score (nSPS) is 22.4. The van der Waals surface area contributed by atoms with Crippen LogP contribution in [-0.4, -0.2) is 10.1 Å². The van der Waals surface area contributed by atoms with Crippen LogP contribution in [0.25, 0.3) is 10.9 Å². The molecular formula is C17H21NO. The summed E-state index contributed by atoms with van der Waals surface area (Å²) in [4.78, 5) is 4.45. The highest BCUT2D eigenvalue weighted by Crippen LogP contribution is 2.72. The van der Waals surface area contributed by atoms with E-state index in [1.165, 1.54) is 0 Å². The second-order valence-electron chi connectivity index (χ2n) is 6.79. The Bertz CT molecular complexity index is 611. The predicted octanol–water partition coefficient (Wildman–Crippen LogP) is 3.95. The zero-order valence-corrected chi connectivity index (χ0v) is 12.0. The molecule has 1 aromatic heterocycles. The summed E-state index contributed by atoms with van der Waals surface area (Å²) in [6.07, 6.45) is 1.35. The molecule has 0 amide bonds.